The number of carbonyl (C=O) groups is 1. The van der Waals surface area contributed by atoms with Gasteiger partial charge in [-0.25, -0.2) is 0 Å². The number of benzene rings is 1. The highest BCUT2D eigenvalue weighted by Gasteiger charge is 2.11. The van der Waals surface area contributed by atoms with Gasteiger partial charge in [-0.05, 0) is 31.2 Å². The number of nitrogens with two attached hydrogens (primary N) is 1. The summed E-state index contributed by atoms with van der Waals surface area (Å²) in [5.74, 6) is 0.242. The summed E-state index contributed by atoms with van der Waals surface area (Å²) in [6, 6.07) is 7.50. The van der Waals surface area contributed by atoms with Crippen LogP contribution < -0.4 is 5.73 Å². The molecule has 0 amide bonds. The summed E-state index contributed by atoms with van der Waals surface area (Å²) >= 11 is 5.86. The molecule has 0 aliphatic carbocycles. The van der Waals surface area contributed by atoms with E-state index in [0.717, 1.165) is 5.56 Å². The molecule has 3 heteroatoms. The lowest BCUT2D eigenvalue weighted by Gasteiger charge is -2.13. The number of ketones is 1. The van der Waals surface area contributed by atoms with E-state index in [-0.39, 0.29) is 11.7 Å². The predicted octanol–water partition coefficient (Wildman–Crippen LogP) is 2.36. The Morgan fingerprint density at radius 3 is 2.79 bits per heavy atom. The molecule has 0 saturated heterocycles. The molecule has 0 radical (unpaired) electrons. The summed E-state index contributed by atoms with van der Waals surface area (Å²) in [5, 5.41) is 0.685. The van der Waals surface area contributed by atoms with Crippen molar-refractivity contribution >= 4 is 17.4 Å². The zero-order valence-electron chi connectivity index (χ0n) is 8.16. The maximum Gasteiger partial charge on any atom is 0.130 e. The van der Waals surface area contributed by atoms with Crippen LogP contribution in [0.5, 0.6) is 0 Å². The molecule has 0 unspecified atom stereocenters. The van der Waals surface area contributed by atoms with Gasteiger partial charge in [0.1, 0.15) is 5.78 Å². The number of hydrogen-bond donors (Lipinski definition) is 1. The molecule has 1 aromatic carbocycles. The first kappa shape index (κ1) is 11.2. The van der Waals surface area contributed by atoms with Crippen molar-refractivity contribution in [1.82, 2.24) is 0 Å². The molecule has 0 saturated carbocycles. The molecule has 2 N–H and O–H groups in total. The number of hydrogen-bond acceptors (Lipinski definition) is 2. The molecule has 0 spiro atoms. The van der Waals surface area contributed by atoms with Crippen LogP contribution in [0.3, 0.4) is 0 Å². The topological polar surface area (TPSA) is 43.1 Å². The monoisotopic (exact) mass is 211 g/mol. The summed E-state index contributed by atoms with van der Waals surface area (Å²) < 4.78 is 0. The summed E-state index contributed by atoms with van der Waals surface area (Å²) in [4.78, 5) is 11.0. The molecule has 0 aromatic heterocycles. The van der Waals surface area contributed by atoms with E-state index in [0.29, 0.717) is 18.0 Å². The number of halogens is 1. The van der Waals surface area contributed by atoms with Gasteiger partial charge in [0.25, 0.3) is 0 Å². The summed E-state index contributed by atoms with van der Waals surface area (Å²) in [6.45, 7) is 2.05. The smallest absolute Gasteiger partial charge is 0.130 e. The lowest BCUT2D eigenvalue weighted by atomic mass is 9.94. The van der Waals surface area contributed by atoms with Crippen LogP contribution >= 0.6 is 11.6 Å². The third-order valence-corrected chi connectivity index (χ3v) is 2.37. The van der Waals surface area contributed by atoms with Gasteiger partial charge in [-0.15, -0.1) is 0 Å². The minimum atomic E-state index is 0.0891. The van der Waals surface area contributed by atoms with Crippen LogP contribution in [0.1, 0.15) is 24.8 Å². The second-order valence-corrected chi connectivity index (χ2v) is 3.83. The SMILES string of the molecule is CC(=O)C[C@@H](CN)c1cccc(Cl)c1. The lowest BCUT2D eigenvalue weighted by Crippen LogP contribution is -2.15. The van der Waals surface area contributed by atoms with Crippen LogP contribution in [0, 0.1) is 0 Å². The van der Waals surface area contributed by atoms with E-state index in [9.17, 15) is 4.79 Å². The molecular formula is C11H14ClNO. The molecule has 0 fully saturated rings. The Kier molecular flexibility index (Phi) is 4.11. The molecule has 0 heterocycles. The van der Waals surface area contributed by atoms with E-state index in [4.69, 9.17) is 17.3 Å². The van der Waals surface area contributed by atoms with Crippen molar-refractivity contribution in [3.63, 3.8) is 0 Å². The summed E-state index contributed by atoms with van der Waals surface area (Å²) in [6.07, 6.45) is 0.483. The van der Waals surface area contributed by atoms with E-state index >= 15 is 0 Å². The van der Waals surface area contributed by atoms with Crippen molar-refractivity contribution in [3.8, 4) is 0 Å². The predicted molar refractivity (Wildman–Crippen MR) is 58.5 cm³/mol. The van der Waals surface area contributed by atoms with Gasteiger partial charge in [0.05, 0.1) is 0 Å². The maximum atomic E-state index is 11.0. The third kappa shape index (κ3) is 3.13. The van der Waals surface area contributed by atoms with Gasteiger partial charge >= 0.3 is 0 Å². The second-order valence-electron chi connectivity index (χ2n) is 3.39. The highest BCUT2D eigenvalue weighted by molar-refractivity contribution is 6.30. The largest absolute Gasteiger partial charge is 0.330 e. The molecule has 14 heavy (non-hydrogen) atoms. The van der Waals surface area contributed by atoms with Crippen molar-refractivity contribution in [2.75, 3.05) is 6.54 Å². The molecule has 0 aliphatic rings. The van der Waals surface area contributed by atoms with Crippen LogP contribution in [-0.2, 0) is 4.79 Å². The van der Waals surface area contributed by atoms with Gasteiger partial charge in [0.15, 0.2) is 0 Å². The first-order valence-electron chi connectivity index (χ1n) is 4.58. The Balaban J connectivity index is 2.83. The highest BCUT2D eigenvalue weighted by atomic mass is 35.5. The van der Waals surface area contributed by atoms with Crippen LogP contribution in [0.2, 0.25) is 5.02 Å². The summed E-state index contributed by atoms with van der Waals surface area (Å²) in [5.41, 5.74) is 6.65. The van der Waals surface area contributed by atoms with Gasteiger partial charge in [0.2, 0.25) is 0 Å². The van der Waals surface area contributed by atoms with E-state index in [1.54, 1.807) is 6.92 Å². The van der Waals surface area contributed by atoms with Crippen LogP contribution in [0.25, 0.3) is 0 Å². The van der Waals surface area contributed by atoms with Gasteiger partial charge in [-0.2, -0.15) is 0 Å². The minimum absolute atomic E-state index is 0.0891. The van der Waals surface area contributed by atoms with Crippen LogP contribution in [0.4, 0.5) is 0 Å². The van der Waals surface area contributed by atoms with Crippen molar-refractivity contribution in [1.29, 1.82) is 0 Å². The van der Waals surface area contributed by atoms with Crippen LogP contribution in [0.15, 0.2) is 24.3 Å². The van der Waals surface area contributed by atoms with Crippen LogP contribution in [-0.4, -0.2) is 12.3 Å². The maximum absolute atomic E-state index is 11.0. The molecular weight excluding hydrogens is 198 g/mol. The van der Waals surface area contributed by atoms with Gasteiger partial charge in [-0.1, -0.05) is 23.7 Å². The van der Waals surface area contributed by atoms with Gasteiger partial charge in [0, 0.05) is 17.4 Å². The Morgan fingerprint density at radius 2 is 2.29 bits per heavy atom. The fourth-order valence-corrected chi connectivity index (χ4v) is 1.64. The Hall–Kier alpha value is -0.860. The lowest BCUT2D eigenvalue weighted by molar-refractivity contribution is -0.117. The highest BCUT2D eigenvalue weighted by Crippen LogP contribution is 2.21. The summed E-state index contributed by atoms with van der Waals surface area (Å²) in [7, 11) is 0. The molecule has 2 nitrogen and oxygen atoms in total. The molecule has 1 rings (SSSR count). The van der Waals surface area contributed by atoms with E-state index < -0.39 is 0 Å². The quantitative estimate of drug-likeness (QED) is 0.831. The van der Waals surface area contributed by atoms with E-state index in [1.807, 2.05) is 24.3 Å². The Morgan fingerprint density at radius 1 is 1.57 bits per heavy atom. The van der Waals surface area contributed by atoms with E-state index in [1.165, 1.54) is 0 Å². The second kappa shape index (κ2) is 5.13. The zero-order chi connectivity index (χ0) is 10.6. The average Bonchev–Trinajstić information content (AvgIpc) is 2.14. The fourth-order valence-electron chi connectivity index (χ4n) is 1.44. The zero-order valence-corrected chi connectivity index (χ0v) is 8.92. The Bertz CT molecular complexity index is 325. The van der Waals surface area contributed by atoms with E-state index in [2.05, 4.69) is 0 Å². The molecule has 76 valence electrons. The first-order chi connectivity index (χ1) is 6.63. The third-order valence-electron chi connectivity index (χ3n) is 2.14. The van der Waals surface area contributed by atoms with Crippen molar-refractivity contribution in [2.24, 2.45) is 5.73 Å². The Labute approximate surface area is 89.1 Å². The molecule has 0 aliphatic heterocycles. The van der Waals surface area contributed by atoms with Gasteiger partial charge in [-0.3, -0.25) is 0 Å². The number of carbonyl (C=O) groups excluding carboxylic acids is 1. The van der Waals surface area contributed by atoms with Crippen molar-refractivity contribution < 1.29 is 4.79 Å². The van der Waals surface area contributed by atoms with Crippen molar-refractivity contribution in [2.45, 2.75) is 19.3 Å². The van der Waals surface area contributed by atoms with Gasteiger partial charge < -0.3 is 10.5 Å². The minimum Gasteiger partial charge on any atom is -0.330 e. The average molecular weight is 212 g/mol. The fraction of sp³-hybridized carbons (Fsp3) is 0.364. The number of rotatable bonds is 4. The normalized spacial score (nSPS) is 12.5. The standard InChI is InChI=1S/C11H14ClNO/c1-8(14)5-10(7-13)9-3-2-4-11(12)6-9/h2-4,6,10H,5,7,13H2,1H3/t10-/m0/s1. The molecule has 1 atom stereocenters. The molecule has 1 aromatic rings. The van der Waals surface area contributed by atoms with Crippen molar-refractivity contribution in [3.05, 3.63) is 34.9 Å². The first-order valence-corrected chi connectivity index (χ1v) is 4.96. The number of Topliss-reactive ketones (excluding diaryl/α,β-unsaturated/α-hetero) is 1. The molecule has 0 bridgehead atoms.